The number of carbonyl (C=O) groups excluding carboxylic acids is 2. The molecule has 1 aliphatic rings. The minimum atomic E-state index is -0.356. The first kappa shape index (κ1) is 10.7. The number of hydrogen-bond acceptors (Lipinski definition) is 4. The van der Waals surface area contributed by atoms with Crippen LogP contribution in [0, 0.1) is 6.92 Å². The molecule has 1 aliphatic carbocycles. The van der Waals surface area contributed by atoms with E-state index in [-0.39, 0.29) is 39.7 Å². The third-order valence-electron chi connectivity index (χ3n) is 3.02. The summed E-state index contributed by atoms with van der Waals surface area (Å²) in [6.07, 6.45) is 1.50. The normalized spacial score (nSPS) is 13.4. The van der Waals surface area contributed by atoms with Crippen LogP contribution in [0.2, 0.25) is 0 Å². The lowest BCUT2D eigenvalue weighted by atomic mass is 9.86. The molecule has 0 unspecified atom stereocenters. The molecular formula is C13H10N2O3. The lowest BCUT2D eigenvalue weighted by Crippen LogP contribution is -2.20. The van der Waals surface area contributed by atoms with Gasteiger partial charge in [-0.3, -0.25) is 14.3 Å². The van der Waals surface area contributed by atoms with Crippen LogP contribution in [0.4, 0.5) is 0 Å². The lowest BCUT2D eigenvalue weighted by Gasteiger charge is -2.14. The summed E-state index contributed by atoms with van der Waals surface area (Å²) >= 11 is 0. The molecule has 2 aromatic rings. The van der Waals surface area contributed by atoms with Gasteiger partial charge in [0.2, 0.25) is 11.6 Å². The molecule has 1 aromatic heterocycles. The quantitative estimate of drug-likeness (QED) is 0.643. The van der Waals surface area contributed by atoms with E-state index in [1.54, 1.807) is 20.0 Å². The van der Waals surface area contributed by atoms with Crippen LogP contribution < -0.4 is 0 Å². The van der Waals surface area contributed by atoms with Gasteiger partial charge in [0, 0.05) is 18.8 Å². The van der Waals surface area contributed by atoms with Crippen molar-refractivity contribution in [1.82, 2.24) is 9.78 Å². The highest BCUT2D eigenvalue weighted by molar-refractivity contribution is 6.28. The van der Waals surface area contributed by atoms with Gasteiger partial charge in [-0.25, -0.2) is 0 Å². The summed E-state index contributed by atoms with van der Waals surface area (Å²) in [5.74, 6) is -0.831. The Balaban J connectivity index is 2.36. The zero-order valence-electron chi connectivity index (χ0n) is 9.89. The van der Waals surface area contributed by atoms with E-state index in [9.17, 15) is 14.7 Å². The van der Waals surface area contributed by atoms with Gasteiger partial charge in [0.15, 0.2) is 0 Å². The minimum absolute atomic E-state index is 0.0751. The first-order valence-corrected chi connectivity index (χ1v) is 5.45. The summed E-state index contributed by atoms with van der Waals surface area (Å²) in [4.78, 5) is 24.5. The van der Waals surface area contributed by atoms with E-state index in [0.717, 1.165) is 5.56 Å². The van der Waals surface area contributed by atoms with Crippen LogP contribution in [0.3, 0.4) is 0 Å². The monoisotopic (exact) mass is 242 g/mol. The van der Waals surface area contributed by atoms with E-state index in [0.29, 0.717) is 0 Å². The molecule has 0 fully saturated rings. The number of rotatable bonds is 0. The van der Waals surface area contributed by atoms with Crippen molar-refractivity contribution in [2.45, 2.75) is 6.92 Å². The van der Waals surface area contributed by atoms with Gasteiger partial charge < -0.3 is 5.11 Å². The van der Waals surface area contributed by atoms with Gasteiger partial charge in [-0.1, -0.05) is 0 Å². The average Bonchev–Trinajstić information content (AvgIpc) is 2.67. The molecule has 0 atom stereocenters. The van der Waals surface area contributed by atoms with Gasteiger partial charge >= 0.3 is 0 Å². The Hall–Kier alpha value is -2.43. The zero-order chi connectivity index (χ0) is 13.0. The van der Waals surface area contributed by atoms with E-state index in [2.05, 4.69) is 5.10 Å². The Morgan fingerprint density at radius 1 is 1.17 bits per heavy atom. The molecule has 1 N–H and O–H groups in total. The standard InChI is InChI=1S/C13H10N2O3/c1-6-3-7-10(9(16)4-6)12(17)8-5-15(2)14-11(8)13(7)18/h3-5,16H,1-2H3. The molecule has 1 heterocycles. The van der Waals surface area contributed by atoms with E-state index in [1.807, 2.05) is 0 Å². The Bertz CT molecular complexity index is 713. The van der Waals surface area contributed by atoms with Crippen molar-refractivity contribution in [3.63, 3.8) is 0 Å². The van der Waals surface area contributed by atoms with Gasteiger partial charge in [0.05, 0.1) is 11.1 Å². The van der Waals surface area contributed by atoms with Crippen LogP contribution in [0.15, 0.2) is 18.3 Å². The largest absolute Gasteiger partial charge is 0.507 e. The van der Waals surface area contributed by atoms with Gasteiger partial charge in [-0.15, -0.1) is 0 Å². The highest BCUT2D eigenvalue weighted by Gasteiger charge is 2.34. The van der Waals surface area contributed by atoms with Gasteiger partial charge in [-0.2, -0.15) is 5.10 Å². The second kappa shape index (κ2) is 3.29. The molecule has 0 spiro atoms. The summed E-state index contributed by atoms with van der Waals surface area (Å²) < 4.78 is 1.43. The van der Waals surface area contributed by atoms with Crippen molar-refractivity contribution in [3.8, 4) is 5.75 Å². The van der Waals surface area contributed by atoms with Crippen LogP contribution in [0.25, 0.3) is 0 Å². The molecule has 0 radical (unpaired) electrons. The first-order valence-electron chi connectivity index (χ1n) is 5.45. The van der Waals surface area contributed by atoms with Crippen LogP contribution in [0.1, 0.15) is 37.5 Å². The topological polar surface area (TPSA) is 72.2 Å². The number of aromatic nitrogens is 2. The van der Waals surface area contributed by atoms with Crippen LogP contribution in [0.5, 0.6) is 5.75 Å². The maximum absolute atomic E-state index is 12.2. The number of ketones is 2. The summed E-state index contributed by atoms with van der Waals surface area (Å²) in [6, 6.07) is 3.08. The fourth-order valence-electron chi connectivity index (χ4n) is 2.27. The number of aryl methyl sites for hydroxylation is 2. The summed E-state index contributed by atoms with van der Waals surface area (Å²) in [6.45, 7) is 1.76. The second-order valence-electron chi connectivity index (χ2n) is 4.43. The predicted octanol–water partition coefficient (Wildman–Crippen LogP) is 1.21. The summed E-state index contributed by atoms with van der Waals surface area (Å²) in [5.41, 5.74) is 1.43. The van der Waals surface area contributed by atoms with E-state index in [1.165, 1.54) is 16.9 Å². The molecular weight excluding hydrogens is 232 g/mol. The van der Waals surface area contributed by atoms with Crippen molar-refractivity contribution in [1.29, 1.82) is 0 Å². The van der Waals surface area contributed by atoms with Crippen molar-refractivity contribution in [2.75, 3.05) is 0 Å². The molecule has 0 saturated carbocycles. The molecule has 0 bridgehead atoms. The number of hydrogen-bond donors (Lipinski definition) is 1. The fourth-order valence-corrected chi connectivity index (χ4v) is 2.27. The molecule has 5 heteroatoms. The Kier molecular flexibility index (Phi) is 1.96. The third kappa shape index (κ3) is 1.24. The number of phenolic OH excluding ortho intramolecular Hbond substituents is 1. The highest BCUT2D eigenvalue weighted by Crippen LogP contribution is 2.32. The van der Waals surface area contributed by atoms with E-state index >= 15 is 0 Å². The third-order valence-corrected chi connectivity index (χ3v) is 3.02. The maximum atomic E-state index is 12.2. The van der Waals surface area contributed by atoms with Crippen LogP contribution in [-0.2, 0) is 7.05 Å². The molecule has 0 aliphatic heterocycles. The molecule has 5 nitrogen and oxygen atoms in total. The summed E-state index contributed by atoms with van der Waals surface area (Å²) in [5, 5.41) is 13.9. The fraction of sp³-hybridized carbons (Fsp3) is 0.154. The summed E-state index contributed by atoms with van der Waals surface area (Å²) in [7, 11) is 1.65. The van der Waals surface area contributed by atoms with Crippen LogP contribution in [-0.4, -0.2) is 26.5 Å². The molecule has 3 rings (SSSR count). The molecule has 1 aromatic carbocycles. The number of nitrogens with zero attached hydrogens (tertiary/aromatic N) is 2. The lowest BCUT2D eigenvalue weighted by molar-refractivity contribution is 0.0974. The molecule has 90 valence electrons. The van der Waals surface area contributed by atoms with Gasteiger partial charge in [0.1, 0.15) is 11.4 Å². The smallest absolute Gasteiger partial charge is 0.214 e. The highest BCUT2D eigenvalue weighted by atomic mass is 16.3. The van der Waals surface area contributed by atoms with Crippen LogP contribution >= 0.6 is 0 Å². The Morgan fingerprint density at radius 3 is 2.61 bits per heavy atom. The predicted molar refractivity (Wildman–Crippen MR) is 62.9 cm³/mol. The van der Waals surface area contributed by atoms with Crippen molar-refractivity contribution >= 4 is 11.6 Å². The zero-order valence-corrected chi connectivity index (χ0v) is 9.89. The number of phenols is 1. The minimum Gasteiger partial charge on any atom is -0.507 e. The van der Waals surface area contributed by atoms with Crippen molar-refractivity contribution in [3.05, 3.63) is 46.3 Å². The maximum Gasteiger partial charge on any atom is 0.214 e. The average molecular weight is 242 g/mol. The molecule has 18 heavy (non-hydrogen) atoms. The van der Waals surface area contributed by atoms with Gasteiger partial charge in [-0.05, 0) is 24.6 Å². The number of fused-ring (bicyclic) bond motifs is 2. The van der Waals surface area contributed by atoms with E-state index < -0.39 is 0 Å². The van der Waals surface area contributed by atoms with Crippen molar-refractivity contribution in [2.24, 2.45) is 7.05 Å². The molecule has 0 saturated heterocycles. The number of benzene rings is 1. The first-order chi connectivity index (χ1) is 8.49. The van der Waals surface area contributed by atoms with E-state index in [4.69, 9.17) is 0 Å². The Morgan fingerprint density at radius 2 is 1.89 bits per heavy atom. The Labute approximate surface area is 103 Å². The van der Waals surface area contributed by atoms with Crippen molar-refractivity contribution < 1.29 is 14.7 Å². The number of aromatic hydroxyl groups is 1. The number of carbonyl (C=O) groups is 2. The second-order valence-corrected chi connectivity index (χ2v) is 4.43. The SMILES string of the molecule is Cc1cc(O)c2c(c1)C(=O)c1nn(C)cc1C2=O. The van der Waals surface area contributed by atoms with Gasteiger partial charge in [0.25, 0.3) is 0 Å². The molecule has 0 amide bonds.